The van der Waals surface area contributed by atoms with E-state index in [1.165, 1.54) is 13.8 Å². The van der Waals surface area contributed by atoms with Gasteiger partial charge in [0, 0.05) is 10.7 Å². The minimum absolute atomic E-state index is 0.361. The molecule has 1 heterocycles. The molecule has 1 aliphatic heterocycles. The summed E-state index contributed by atoms with van der Waals surface area (Å²) in [7, 11) is 0. The highest BCUT2D eigenvalue weighted by atomic mass is 35.5. The number of nitrogens with one attached hydrogen (secondary N) is 1. The fourth-order valence-electron chi connectivity index (χ4n) is 3.60. The minimum Gasteiger partial charge on any atom is -0.451 e. The summed E-state index contributed by atoms with van der Waals surface area (Å²) in [5.41, 5.74) is 1.32. The molecule has 0 saturated carbocycles. The first kappa shape index (κ1) is 21.0. The van der Waals surface area contributed by atoms with Gasteiger partial charge in [-0.2, -0.15) is 0 Å². The van der Waals surface area contributed by atoms with Gasteiger partial charge in [-0.15, -0.1) is 0 Å². The number of carbonyl (C=O) groups excluding carboxylic acids is 4. The SMILES string of the molecule is Cc1ccc(Cl)cc1NC(=O)[C@H](C)OC(=O)[C@H](C)N1C(=O)[C@H]2CC=CC[C@@H]2C1=O. The van der Waals surface area contributed by atoms with Crippen molar-refractivity contribution in [3.05, 3.63) is 40.9 Å². The highest BCUT2D eigenvalue weighted by Gasteiger charge is 2.50. The number of nitrogens with zero attached hydrogens (tertiary/aromatic N) is 1. The van der Waals surface area contributed by atoms with Crippen LogP contribution in [0.5, 0.6) is 0 Å². The van der Waals surface area contributed by atoms with Gasteiger partial charge in [0.2, 0.25) is 11.8 Å². The van der Waals surface area contributed by atoms with Gasteiger partial charge in [0.05, 0.1) is 11.8 Å². The molecule has 2 aliphatic rings. The van der Waals surface area contributed by atoms with E-state index in [0.29, 0.717) is 23.6 Å². The minimum atomic E-state index is -1.11. The third kappa shape index (κ3) is 4.19. The summed E-state index contributed by atoms with van der Waals surface area (Å²) in [5, 5.41) is 3.13. The molecule has 1 aliphatic carbocycles. The van der Waals surface area contributed by atoms with E-state index >= 15 is 0 Å². The van der Waals surface area contributed by atoms with Crippen LogP contribution in [0.1, 0.15) is 32.3 Å². The third-order valence-electron chi connectivity index (χ3n) is 5.39. The second-order valence-corrected chi connectivity index (χ2v) is 7.84. The van der Waals surface area contributed by atoms with Crippen molar-refractivity contribution in [1.29, 1.82) is 0 Å². The number of hydrogen-bond acceptors (Lipinski definition) is 5. The number of allylic oxidation sites excluding steroid dienone is 2. The summed E-state index contributed by atoms with van der Waals surface area (Å²) in [5.74, 6) is -2.90. The molecule has 1 aromatic rings. The van der Waals surface area contributed by atoms with Gasteiger partial charge in [0.25, 0.3) is 5.91 Å². The Balaban J connectivity index is 1.63. The first-order valence-corrected chi connectivity index (χ1v) is 9.88. The Labute approximate surface area is 174 Å². The fourth-order valence-corrected chi connectivity index (χ4v) is 3.77. The number of imide groups is 1. The van der Waals surface area contributed by atoms with Crippen LogP contribution in [0.2, 0.25) is 5.02 Å². The fraction of sp³-hybridized carbons (Fsp3) is 0.429. The topological polar surface area (TPSA) is 92.8 Å². The first-order chi connectivity index (χ1) is 13.7. The number of aryl methyl sites for hydroxylation is 1. The standard InChI is InChI=1S/C21H23ClN2O5/c1-11-8-9-14(22)10-17(11)23-18(25)13(3)29-21(28)12(2)24-19(26)15-6-4-5-7-16(15)20(24)27/h4-5,8-10,12-13,15-16H,6-7H2,1-3H3,(H,23,25)/t12-,13-,15-,16-/m0/s1. The number of likely N-dealkylation sites (tertiary alicyclic amines) is 1. The molecule has 0 bridgehead atoms. The monoisotopic (exact) mass is 418 g/mol. The first-order valence-electron chi connectivity index (χ1n) is 9.50. The highest BCUT2D eigenvalue weighted by molar-refractivity contribution is 6.31. The Morgan fingerprint density at radius 2 is 1.72 bits per heavy atom. The third-order valence-corrected chi connectivity index (χ3v) is 5.62. The van der Waals surface area contributed by atoms with Crippen LogP contribution in [0, 0.1) is 18.8 Å². The zero-order valence-electron chi connectivity index (χ0n) is 16.5. The molecule has 7 nitrogen and oxygen atoms in total. The van der Waals surface area contributed by atoms with Crippen molar-refractivity contribution >= 4 is 41.0 Å². The van der Waals surface area contributed by atoms with E-state index in [4.69, 9.17) is 16.3 Å². The van der Waals surface area contributed by atoms with E-state index in [-0.39, 0.29) is 11.8 Å². The molecule has 1 saturated heterocycles. The number of anilines is 1. The molecule has 1 fully saturated rings. The molecule has 1 aromatic carbocycles. The number of ether oxygens (including phenoxy) is 1. The predicted octanol–water partition coefficient (Wildman–Crippen LogP) is 2.86. The van der Waals surface area contributed by atoms with E-state index in [1.807, 2.05) is 19.1 Å². The molecule has 0 unspecified atom stereocenters. The van der Waals surface area contributed by atoms with Gasteiger partial charge in [-0.25, -0.2) is 4.79 Å². The number of esters is 1. The van der Waals surface area contributed by atoms with Crippen LogP contribution in [0.15, 0.2) is 30.4 Å². The molecule has 1 N–H and O–H groups in total. The molecular weight excluding hydrogens is 396 g/mol. The van der Waals surface area contributed by atoms with Crippen molar-refractivity contribution < 1.29 is 23.9 Å². The lowest BCUT2D eigenvalue weighted by Crippen LogP contribution is -2.46. The lowest BCUT2D eigenvalue weighted by molar-refractivity contribution is -0.163. The second-order valence-electron chi connectivity index (χ2n) is 7.41. The smallest absolute Gasteiger partial charge is 0.329 e. The van der Waals surface area contributed by atoms with Gasteiger partial charge in [0.1, 0.15) is 6.04 Å². The zero-order chi connectivity index (χ0) is 21.3. The second kappa shape index (κ2) is 8.37. The zero-order valence-corrected chi connectivity index (χ0v) is 17.2. The average molecular weight is 419 g/mol. The van der Waals surface area contributed by atoms with Gasteiger partial charge in [-0.3, -0.25) is 19.3 Å². The van der Waals surface area contributed by atoms with Gasteiger partial charge < -0.3 is 10.1 Å². The maximum absolute atomic E-state index is 12.6. The van der Waals surface area contributed by atoms with Crippen molar-refractivity contribution in [2.45, 2.75) is 45.8 Å². The van der Waals surface area contributed by atoms with E-state index < -0.39 is 35.9 Å². The number of carbonyl (C=O) groups is 4. The van der Waals surface area contributed by atoms with Gasteiger partial charge in [-0.05, 0) is 51.3 Å². The summed E-state index contributed by atoms with van der Waals surface area (Å²) in [6.07, 6.45) is 3.63. The Bertz CT molecular complexity index is 871. The molecule has 154 valence electrons. The van der Waals surface area contributed by atoms with Crippen LogP contribution in [0.25, 0.3) is 0 Å². The van der Waals surface area contributed by atoms with E-state index in [1.54, 1.807) is 18.2 Å². The maximum atomic E-state index is 12.6. The van der Waals surface area contributed by atoms with E-state index in [9.17, 15) is 19.2 Å². The van der Waals surface area contributed by atoms with E-state index in [0.717, 1.165) is 10.5 Å². The summed E-state index contributed by atoms with van der Waals surface area (Å²) in [4.78, 5) is 51.1. The molecular formula is C21H23ClN2O5. The van der Waals surface area contributed by atoms with Crippen molar-refractivity contribution in [3.8, 4) is 0 Å². The molecule has 8 heteroatoms. The summed E-state index contributed by atoms with van der Waals surface area (Å²) in [6, 6.07) is 3.97. The molecule has 0 aromatic heterocycles. The van der Waals surface area contributed by atoms with Crippen LogP contribution in [0.3, 0.4) is 0 Å². The lowest BCUT2D eigenvalue weighted by Gasteiger charge is -2.23. The normalized spacial score (nSPS) is 22.8. The molecule has 0 radical (unpaired) electrons. The van der Waals surface area contributed by atoms with Crippen molar-refractivity contribution in [3.63, 3.8) is 0 Å². The van der Waals surface area contributed by atoms with Gasteiger partial charge in [0.15, 0.2) is 6.10 Å². The van der Waals surface area contributed by atoms with Crippen molar-refractivity contribution in [1.82, 2.24) is 4.90 Å². The van der Waals surface area contributed by atoms with Crippen LogP contribution < -0.4 is 5.32 Å². The Morgan fingerprint density at radius 3 is 2.31 bits per heavy atom. The molecule has 4 atom stereocenters. The molecule has 29 heavy (non-hydrogen) atoms. The number of amides is 3. The van der Waals surface area contributed by atoms with Crippen LogP contribution in [0.4, 0.5) is 5.69 Å². The lowest BCUT2D eigenvalue weighted by atomic mass is 9.85. The Hall–Kier alpha value is -2.67. The number of benzene rings is 1. The van der Waals surface area contributed by atoms with Crippen molar-refractivity contribution in [2.75, 3.05) is 5.32 Å². The Kier molecular flexibility index (Phi) is 6.07. The molecule has 0 spiro atoms. The summed E-state index contributed by atoms with van der Waals surface area (Å²) >= 11 is 5.95. The van der Waals surface area contributed by atoms with Crippen molar-refractivity contribution in [2.24, 2.45) is 11.8 Å². The number of rotatable bonds is 5. The van der Waals surface area contributed by atoms with Crippen LogP contribution in [-0.2, 0) is 23.9 Å². The van der Waals surface area contributed by atoms with Gasteiger partial charge >= 0.3 is 5.97 Å². The summed E-state index contributed by atoms with van der Waals surface area (Å²) < 4.78 is 5.23. The highest BCUT2D eigenvalue weighted by Crippen LogP contribution is 2.36. The predicted molar refractivity (Wildman–Crippen MR) is 107 cm³/mol. The van der Waals surface area contributed by atoms with Gasteiger partial charge in [-0.1, -0.05) is 29.8 Å². The number of fused-ring (bicyclic) bond motifs is 1. The number of hydrogen-bond donors (Lipinski definition) is 1. The quantitative estimate of drug-likeness (QED) is 0.451. The molecule has 3 amide bonds. The summed E-state index contributed by atoms with van der Waals surface area (Å²) in [6.45, 7) is 4.68. The largest absolute Gasteiger partial charge is 0.451 e. The number of halogens is 1. The Morgan fingerprint density at radius 1 is 1.14 bits per heavy atom. The maximum Gasteiger partial charge on any atom is 0.329 e. The van der Waals surface area contributed by atoms with E-state index in [2.05, 4.69) is 5.32 Å². The molecule has 3 rings (SSSR count). The van der Waals surface area contributed by atoms with Crippen LogP contribution >= 0.6 is 11.6 Å². The average Bonchev–Trinajstić information content (AvgIpc) is 2.94. The van der Waals surface area contributed by atoms with Crippen LogP contribution in [-0.4, -0.2) is 40.7 Å².